The molecule has 0 aliphatic carbocycles. The second-order valence-electron chi connectivity index (χ2n) is 8.05. The Balaban J connectivity index is 1.43. The Morgan fingerprint density at radius 2 is 1.57 bits per heavy atom. The van der Waals surface area contributed by atoms with Crippen LogP contribution in [0.1, 0.15) is 50.2 Å². The molecule has 28 heavy (non-hydrogen) atoms. The average Bonchev–Trinajstić information content (AvgIpc) is 2.74. The van der Waals surface area contributed by atoms with Crippen molar-refractivity contribution < 1.29 is 4.79 Å². The molecule has 1 unspecified atom stereocenters. The molecule has 0 aromatic heterocycles. The summed E-state index contributed by atoms with van der Waals surface area (Å²) in [5, 5.41) is 3.36. The van der Waals surface area contributed by atoms with E-state index in [0.29, 0.717) is 6.04 Å². The van der Waals surface area contributed by atoms with Crippen LogP contribution in [0.25, 0.3) is 0 Å². The molecule has 1 atom stereocenters. The topological polar surface area (TPSA) is 32.3 Å². The van der Waals surface area contributed by atoms with E-state index in [9.17, 15) is 4.79 Å². The van der Waals surface area contributed by atoms with E-state index in [2.05, 4.69) is 77.8 Å². The highest BCUT2D eigenvalue weighted by atomic mass is 16.1. The van der Waals surface area contributed by atoms with Crippen molar-refractivity contribution in [2.45, 2.75) is 58.0 Å². The van der Waals surface area contributed by atoms with Crippen LogP contribution in [0, 0.1) is 5.92 Å². The van der Waals surface area contributed by atoms with E-state index in [0.717, 1.165) is 58.2 Å². The molecule has 2 aromatic rings. The number of rotatable bonds is 9. The van der Waals surface area contributed by atoms with Gasteiger partial charge in [0.25, 0.3) is 0 Å². The van der Waals surface area contributed by atoms with Gasteiger partial charge in [-0.25, -0.2) is 0 Å². The summed E-state index contributed by atoms with van der Waals surface area (Å²) in [4.78, 5) is 15.3. The molecule has 1 aliphatic heterocycles. The Bertz CT molecular complexity index is 693. The van der Waals surface area contributed by atoms with Crippen molar-refractivity contribution in [1.29, 1.82) is 0 Å². The van der Waals surface area contributed by atoms with Crippen LogP contribution in [0.4, 0.5) is 0 Å². The van der Waals surface area contributed by atoms with E-state index < -0.39 is 0 Å². The maximum atomic E-state index is 12.8. The molecule has 3 nitrogen and oxygen atoms in total. The summed E-state index contributed by atoms with van der Waals surface area (Å²) in [6, 6.07) is 21.5. The molecule has 2 aromatic carbocycles. The van der Waals surface area contributed by atoms with Crippen LogP contribution in [0.5, 0.6) is 0 Å². The number of piperidine rings is 1. The van der Waals surface area contributed by atoms with Crippen molar-refractivity contribution >= 4 is 5.91 Å². The summed E-state index contributed by atoms with van der Waals surface area (Å²) in [6.07, 6.45) is 6.16. The molecule has 0 spiro atoms. The molecular weight excluding hydrogens is 344 g/mol. The molecule has 1 heterocycles. The van der Waals surface area contributed by atoms with E-state index >= 15 is 0 Å². The Kier molecular flexibility index (Phi) is 8.10. The second kappa shape index (κ2) is 11.0. The quantitative estimate of drug-likeness (QED) is 0.679. The van der Waals surface area contributed by atoms with Crippen LogP contribution in [-0.4, -0.2) is 29.9 Å². The summed E-state index contributed by atoms with van der Waals surface area (Å²) in [7, 11) is 0. The van der Waals surface area contributed by atoms with E-state index in [-0.39, 0.29) is 11.8 Å². The first-order chi connectivity index (χ1) is 13.7. The summed E-state index contributed by atoms with van der Waals surface area (Å²) in [5.74, 6) is 0.439. The molecule has 1 saturated heterocycles. The molecule has 3 rings (SSSR count). The highest BCUT2D eigenvalue weighted by molar-refractivity contribution is 5.79. The highest BCUT2D eigenvalue weighted by Crippen LogP contribution is 2.20. The molecule has 1 fully saturated rings. The first-order valence-corrected chi connectivity index (χ1v) is 10.8. The zero-order valence-electron chi connectivity index (χ0n) is 17.1. The van der Waals surface area contributed by atoms with Crippen molar-refractivity contribution in [3.05, 3.63) is 71.8 Å². The fourth-order valence-electron chi connectivity index (χ4n) is 4.14. The Morgan fingerprint density at radius 1 is 0.964 bits per heavy atom. The van der Waals surface area contributed by atoms with Gasteiger partial charge in [0, 0.05) is 18.5 Å². The largest absolute Gasteiger partial charge is 0.353 e. The molecule has 0 saturated carbocycles. The van der Waals surface area contributed by atoms with Gasteiger partial charge in [0.15, 0.2) is 0 Å². The van der Waals surface area contributed by atoms with Crippen molar-refractivity contribution in [3.63, 3.8) is 0 Å². The highest BCUT2D eigenvalue weighted by Gasteiger charge is 2.26. The normalized spacial score (nSPS) is 16.6. The number of likely N-dealkylation sites (tertiary alicyclic amines) is 1. The number of hydrogen-bond donors (Lipinski definition) is 1. The van der Waals surface area contributed by atoms with Crippen LogP contribution in [0.15, 0.2) is 60.7 Å². The van der Waals surface area contributed by atoms with Crippen molar-refractivity contribution in [3.8, 4) is 0 Å². The van der Waals surface area contributed by atoms with Crippen LogP contribution in [0.3, 0.4) is 0 Å². The third kappa shape index (κ3) is 6.49. The van der Waals surface area contributed by atoms with Crippen molar-refractivity contribution in [1.82, 2.24) is 10.2 Å². The Labute approximate surface area is 170 Å². The number of benzene rings is 2. The van der Waals surface area contributed by atoms with Gasteiger partial charge in [0.05, 0.1) is 0 Å². The molecule has 150 valence electrons. The minimum absolute atomic E-state index is 0.170. The van der Waals surface area contributed by atoms with Gasteiger partial charge in [-0.3, -0.25) is 9.69 Å². The van der Waals surface area contributed by atoms with Gasteiger partial charge in [-0.05, 0) is 56.3 Å². The van der Waals surface area contributed by atoms with Crippen LogP contribution in [0.2, 0.25) is 0 Å². The standard InChI is InChI=1S/C25H34N2O/c1-2-9-24(15-14-21-10-5-3-6-11-21)26-25(28)23-16-18-27(19-17-23)20-22-12-7-4-8-13-22/h3-8,10-13,23-24H,2,9,14-20H2,1H3,(H,26,28). The lowest BCUT2D eigenvalue weighted by atomic mass is 9.94. The predicted molar refractivity (Wildman–Crippen MR) is 116 cm³/mol. The third-order valence-electron chi connectivity index (χ3n) is 5.82. The van der Waals surface area contributed by atoms with E-state index in [1.807, 2.05) is 0 Å². The number of carbonyl (C=O) groups excluding carboxylic acids is 1. The maximum Gasteiger partial charge on any atom is 0.223 e. The zero-order valence-corrected chi connectivity index (χ0v) is 17.1. The number of nitrogens with one attached hydrogen (secondary N) is 1. The molecular formula is C25H34N2O. The average molecular weight is 379 g/mol. The molecule has 1 aliphatic rings. The SMILES string of the molecule is CCCC(CCc1ccccc1)NC(=O)C1CCN(Cc2ccccc2)CC1. The number of amides is 1. The molecule has 0 bridgehead atoms. The van der Waals surface area contributed by atoms with Gasteiger partial charge in [0.2, 0.25) is 5.91 Å². The van der Waals surface area contributed by atoms with Crippen LogP contribution < -0.4 is 5.32 Å². The van der Waals surface area contributed by atoms with Gasteiger partial charge in [-0.1, -0.05) is 74.0 Å². The lowest BCUT2D eigenvalue weighted by Gasteiger charge is -2.32. The third-order valence-corrected chi connectivity index (χ3v) is 5.82. The summed E-state index contributed by atoms with van der Waals surface area (Å²) in [6.45, 7) is 5.21. The lowest BCUT2D eigenvalue weighted by molar-refractivity contribution is -0.127. The monoisotopic (exact) mass is 378 g/mol. The minimum atomic E-state index is 0.170. The van der Waals surface area contributed by atoms with E-state index in [4.69, 9.17) is 0 Å². The van der Waals surface area contributed by atoms with Crippen LogP contribution in [-0.2, 0) is 17.8 Å². The molecule has 1 N–H and O–H groups in total. The van der Waals surface area contributed by atoms with Gasteiger partial charge in [0.1, 0.15) is 0 Å². The summed E-state index contributed by atoms with van der Waals surface area (Å²) in [5.41, 5.74) is 2.71. The number of hydrogen-bond acceptors (Lipinski definition) is 2. The fraction of sp³-hybridized carbons (Fsp3) is 0.480. The molecule has 1 amide bonds. The number of aryl methyl sites for hydroxylation is 1. The lowest BCUT2D eigenvalue weighted by Crippen LogP contribution is -2.43. The van der Waals surface area contributed by atoms with Crippen molar-refractivity contribution in [2.75, 3.05) is 13.1 Å². The van der Waals surface area contributed by atoms with Crippen molar-refractivity contribution in [2.24, 2.45) is 5.92 Å². The number of nitrogens with zero attached hydrogens (tertiary/aromatic N) is 1. The summed E-state index contributed by atoms with van der Waals surface area (Å²) < 4.78 is 0. The molecule has 0 radical (unpaired) electrons. The predicted octanol–water partition coefficient (Wildman–Crippen LogP) is 4.82. The molecule has 3 heteroatoms. The second-order valence-corrected chi connectivity index (χ2v) is 8.05. The minimum Gasteiger partial charge on any atom is -0.353 e. The maximum absolute atomic E-state index is 12.8. The van der Waals surface area contributed by atoms with E-state index in [1.165, 1.54) is 11.1 Å². The smallest absolute Gasteiger partial charge is 0.223 e. The van der Waals surface area contributed by atoms with Gasteiger partial charge >= 0.3 is 0 Å². The fourth-order valence-corrected chi connectivity index (χ4v) is 4.14. The summed E-state index contributed by atoms with van der Waals surface area (Å²) >= 11 is 0. The Hall–Kier alpha value is -2.13. The van der Waals surface area contributed by atoms with Gasteiger partial charge in [-0.15, -0.1) is 0 Å². The Morgan fingerprint density at radius 3 is 2.18 bits per heavy atom. The first-order valence-electron chi connectivity index (χ1n) is 10.8. The van der Waals surface area contributed by atoms with Gasteiger partial charge < -0.3 is 5.32 Å². The van der Waals surface area contributed by atoms with Gasteiger partial charge in [-0.2, -0.15) is 0 Å². The zero-order chi connectivity index (χ0) is 19.6. The first kappa shape index (κ1) is 20.6. The number of carbonyl (C=O) groups is 1. The van der Waals surface area contributed by atoms with Crippen LogP contribution >= 0.6 is 0 Å². The van der Waals surface area contributed by atoms with E-state index in [1.54, 1.807) is 0 Å².